The monoisotopic (exact) mass is 321 g/mol. The Kier molecular flexibility index (Phi) is 3.93. The van der Waals surface area contributed by atoms with Gasteiger partial charge in [0.2, 0.25) is 5.28 Å². The van der Waals surface area contributed by atoms with Gasteiger partial charge >= 0.3 is 0 Å². The largest absolute Gasteiger partial charge is 0.336 e. The fourth-order valence-corrected chi connectivity index (χ4v) is 2.64. The highest BCUT2D eigenvalue weighted by atomic mass is 35.5. The number of aryl methyl sites for hydroxylation is 1. The van der Waals surface area contributed by atoms with Gasteiger partial charge < -0.3 is 4.57 Å². The van der Waals surface area contributed by atoms with Gasteiger partial charge in [-0.1, -0.05) is 11.6 Å². The molecule has 0 atom stereocenters. The summed E-state index contributed by atoms with van der Waals surface area (Å²) in [5.74, 6) is -0.0175. The molecule has 0 saturated heterocycles. The van der Waals surface area contributed by atoms with Crippen molar-refractivity contribution >= 4 is 39.0 Å². The zero-order chi connectivity index (χ0) is 14.0. The van der Waals surface area contributed by atoms with Crippen LogP contribution in [0.2, 0.25) is 10.4 Å². The summed E-state index contributed by atoms with van der Waals surface area (Å²) in [7, 11) is -3.83. The fourth-order valence-electron chi connectivity index (χ4n) is 1.28. The van der Waals surface area contributed by atoms with E-state index in [1.807, 2.05) is 6.92 Å². The molecule has 2 rings (SSSR count). The second-order valence-corrected chi connectivity index (χ2v) is 5.85. The normalized spacial score (nSPS) is 11.5. The van der Waals surface area contributed by atoms with Gasteiger partial charge in [0.25, 0.3) is 10.0 Å². The second-order valence-electron chi connectivity index (χ2n) is 3.49. The third kappa shape index (κ3) is 3.34. The van der Waals surface area contributed by atoms with Gasteiger partial charge in [-0.2, -0.15) is 13.4 Å². The first-order chi connectivity index (χ1) is 8.90. The van der Waals surface area contributed by atoms with Crippen molar-refractivity contribution in [3.63, 3.8) is 0 Å². The van der Waals surface area contributed by atoms with Crippen LogP contribution in [0.15, 0.2) is 23.6 Å². The van der Waals surface area contributed by atoms with Crippen molar-refractivity contribution < 1.29 is 8.42 Å². The summed E-state index contributed by atoms with van der Waals surface area (Å²) in [5, 5.41) is -0.221. The van der Waals surface area contributed by atoms with Crippen molar-refractivity contribution in [3.05, 3.63) is 29.0 Å². The molecular formula is C9H9Cl2N5O2S. The first kappa shape index (κ1) is 14.0. The summed E-state index contributed by atoms with van der Waals surface area (Å²) in [4.78, 5) is 11.1. The first-order valence-electron chi connectivity index (χ1n) is 5.15. The van der Waals surface area contributed by atoms with Gasteiger partial charge in [-0.3, -0.25) is 4.72 Å². The first-order valence-corrected chi connectivity index (χ1v) is 7.39. The molecule has 0 amide bonds. The number of halogens is 2. The van der Waals surface area contributed by atoms with E-state index >= 15 is 0 Å². The Bertz CT molecular complexity index is 680. The van der Waals surface area contributed by atoms with E-state index in [2.05, 4.69) is 19.7 Å². The van der Waals surface area contributed by atoms with Gasteiger partial charge in [0.05, 0.1) is 6.33 Å². The van der Waals surface area contributed by atoms with Crippen LogP contribution in [0.5, 0.6) is 0 Å². The standard InChI is InChI=1S/C9H9Cl2N5O2S/c1-2-16-4-8(12-5-16)19(17,18)15-7-3-6(10)13-9(11)14-7/h3-5H,2H2,1H3,(H,13,14,15). The Morgan fingerprint density at radius 3 is 2.68 bits per heavy atom. The van der Waals surface area contributed by atoms with Gasteiger partial charge in [0.15, 0.2) is 5.03 Å². The molecule has 2 aromatic rings. The molecule has 0 saturated carbocycles. The van der Waals surface area contributed by atoms with E-state index in [9.17, 15) is 8.42 Å². The molecule has 0 aliphatic carbocycles. The van der Waals surface area contributed by atoms with E-state index in [0.717, 1.165) is 0 Å². The van der Waals surface area contributed by atoms with E-state index in [1.54, 1.807) is 4.57 Å². The number of anilines is 1. The van der Waals surface area contributed by atoms with Crippen LogP contribution in [0.4, 0.5) is 5.82 Å². The maximum absolute atomic E-state index is 12.0. The zero-order valence-corrected chi connectivity index (χ0v) is 12.0. The minimum Gasteiger partial charge on any atom is -0.336 e. The van der Waals surface area contributed by atoms with Crippen LogP contribution in [0.3, 0.4) is 0 Å². The molecule has 0 fully saturated rings. The minimum absolute atomic E-state index is 0.0175. The molecule has 102 valence electrons. The second kappa shape index (κ2) is 5.32. The third-order valence-electron chi connectivity index (χ3n) is 2.16. The van der Waals surface area contributed by atoms with Crippen LogP contribution in [0.25, 0.3) is 0 Å². The molecule has 0 radical (unpaired) electrons. The number of hydrogen-bond donors (Lipinski definition) is 1. The van der Waals surface area contributed by atoms with Crippen LogP contribution >= 0.6 is 23.2 Å². The van der Waals surface area contributed by atoms with Crippen molar-refractivity contribution in [2.24, 2.45) is 0 Å². The lowest BCUT2D eigenvalue weighted by molar-refractivity contribution is 0.597. The number of sulfonamides is 1. The average molecular weight is 322 g/mol. The van der Waals surface area contributed by atoms with E-state index in [0.29, 0.717) is 6.54 Å². The summed E-state index contributed by atoms with van der Waals surface area (Å²) in [5.41, 5.74) is 0. The van der Waals surface area contributed by atoms with Crippen molar-refractivity contribution in [1.29, 1.82) is 0 Å². The molecule has 0 spiro atoms. The van der Waals surface area contributed by atoms with Crippen molar-refractivity contribution in [3.8, 4) is 0 Å². The van der Waals surface area contributed by atoms with Crippen molar-refractivity contribution in [2.75, 3.05) is 4.72 Å². The van der Waals surface area contributed by atoms with Crippen LogP contribution in [0.1, 0.15) is 6.92 Å². The Morgan fingerprint density at radius 2 is 2.11 bits per heavy atom. The van der Waals surface area contributed by atoms with Crippen LogP contribution in [0, 0.1) is 0 Å². The molecule has 7 nitrogen and oxygen atoms in total. The Hall–Kier alpha value is -1.38. The van der Waals surface area contributed by atoms with Crippen molar-refractivity contribution in [2.45, 2.75) is 18.5 Å². The summed E-state index contributed by atoms with van der Waals surface area (Å²) in [6, 6.07) is 1.25. The number of aromatic nitrogens is 4. The smallest absolute Gasteiger partial charge is 0.282 e. The third-order valence-corrected chi connectivity index (χ3v) is 3.76. The Morgan fingerprint density at radius 1 is 1.37 bits per heavy atom. The van der Waals surface area contributed by atoms with Gasteiger partial charge in [-0.05, 0) is 18.5 Å². The zero-order valence-electron chi connectivity index (χ0n) is 9.71. The lowest BCUT2D eigenvalue weighted by Crippen LogP contribution is -2.14. The molecular weight excluding hydrogens is 313 g/mol. The van der Waals surface area contributed by atoms with Gasteiger partial charge in [-0.25, -0.2) is 9.97 Å². The predicted octanol–water partition coefficient (Wildman–Crippen LogP) is 1.80. The molecule has 0 aromatic carbocycles. The van der Waals surface area contributed by atoms with E-state index < -0.39 is 10.0 Å². The van der Waals surface area contributed by atoms with Gasteiger partial charge in [0.1, 0.15) is 11.0 Å². The predicted molar refractivity (Wildman–Crippen MR) is 70.8 cm³/mol. The van der Waals surface area contributed by atoms with Crippen LogP contribution < -0.4 is 4.72 Å². The van der Waals surface area contributed by atoms with Crippen LogP contribution in [-0.4, -0.2) is 27.9 Å². The fraction of sp³-hybridized carbons (Fsp3) is 0.222. The van der Waals surface area contributed by atoms with Gasteiger partial charge in [0, 0.05) is 18.8 Å². The molecule has 2 heterocycles. The number of imidazole rings is 1. The number of rotatable bonds is 4. The summed E-state index contributed by atoms with van der Waals surface area (Å²) in [6.07, 6.45) is 2.83. The summed E-state index contributed by atoms with van der Waals surface area (Å²) in [6.45, 7) is 2.49. The molecule has 0 bridgehead atoms. The minimum atomic E-state index is -3.83. The highest BCUT2D eigenvalue weighted by molar-refractivity contribution is 7.92. The van der Waals surface area contributed by atoms with Crippen molar-refractivity contribution in [1.82, 2.24) is 19.5 Å². The highest BCUT2D eigenvalue weighted by Crippen LogP contribution is 2.17. The average Bonchev–Trinajstić information content (AvgIpc) is 2.75. The topological polar surface area (TPSA) is 89.8 Å². The number of hydrogen-bond acceptors (Lipinski definition) is 5. The summed E-state index contributed by atoms with van der Waals surface area (Å²) >= 11 is 11.3. The molecule has 10 heteroatoms. The lowest BCUT2D eigenvalue weighted by Gasteiger charge is -2.05. The van der Waals surface area contributed by atoms with E-state index in [1.165, 1.54) is 18.6 Å². The quantitative estimate of drug-likeness (QED) is 0.685. The SMILES string of the molecule is CCn1cnc(S(=O)(=O)Nc2cc(Cl)nc(Cl)n2)c1. The molecule has 1 N–H and O–H groups in total. The maximum atomic E-state index is 12.0. The Balaban J connectivity index is 2.30. The molecule has 0 aliphatic rings. The molecule has 0 unspecified atom stereocenters. The lowest BCUT2D eigenvalue weighted by atomic mass is 10.6. The maximum Gasteiger partial charge on any atom is 0.282 e. The Labute approximate surface area is 119 Å². The van der Waals surface area contributed by atoms with E-state index in [-0.39, 0.29) is 21.3 Å². The highest BCUT2D eigenvalue weighted by Gasteiger charge is 2.18. The van der Waals surface area contributed by atoms with Crippen LogP contribution in [-0.2, 0) is 16.6 Å². The van der Waals surface area contributed by atoms with Gasteiger partial charge in [-0.15, -0.1) is 0 Å². The molecule has 2 aromatic heterocycles. The molecule has 0 aliphatic heterocycles. The summed E-state index contributed by atoms with van der Waals surface area (Å²) < 4.78 is 27.9. The molecule has 19 heavy (non-hydrogen) atoms. The number of nitrogens with one attached hydrogen (secondary N) is 1. The van der Waals surface area contributed by atoms with E-state index in [4.69, 9.17) is 23.2 Å². The number of nitrogens with zero attached hydrogens (tertiary/aromatic N) is 4.